The van der Waals surface area contributed by atoms with Crippen molar-refractivity contribution in [3.8, 4) is 0 Å². The van der Waals surface area contributed by atoms with Gasteiger partial charge in [0.25, 0.3) is 0 Å². The maximum absolute atomic E-state index is 5.94. The summed E-state index contributed by atoms with van der Waals surface area (Å²) in [6.45, 7) is 0. The number of nitrogens with one attached hydrogen (secondary N) is 1. The predicted molar refractivity (Wildman–Crippen MR) is 73.9 cm³/mol. The molecule has 1 nitrogen and oxygen atoms in total. The Kier molecular flexibility index (Phi) is 4.78. The molecule has 0 aliphatic carbocycles. The van der Waals surface area contributed by atoms with Crippen LogP contribution < -0.4 is 5.32 Å². The third-order valence-corrected chi connectivity index (χ3v) is 4.00. The Morgan fingerprint density at radius 1 is 1.62 bits per heavy atom. The van der Waals surface area contributed by atoms with Crippen LogP contribution in [0.4, 0.5) is 5.69 Å². The normalized spacial score (nSPS) is 9.77. The van der Waals surface area contributed by atoms with Crippen LogP contribution in [-0.4, -0.2) is 10.6 Å². The Labute approximate surface area is 106 Å². The third kappa shape index (κ3) is 3.61. The lowest BCUT2D eigenvalue weighted by Crippen LogP contribution is -2.03. The molecule has 0 aromatic heterocycles. The summed E-state index contributed by atoms with van der Waals surface area (Å²) in [6.07, 6.45) is 1.93. The summed E-state index contributed by atoms with van der Waals surface area (Å²) < 4.78 is 1.79. The lowest BCUT2D eigenvalue weighted by molar-refractivity contribution is 1.62. The first-order chi connectivity index (χ1) is 6.13. The molecule has 1 N–H and O–H groups in total. The van der Waals surface area contributed by atoms with Gasteiger partial charge < -0.3 is 5.32 Å². The fourth-order valence-corrected chi connectivity index (χ4v) is 1.60. The molecule has 0 heterocycles. The standard InChI is InChI=1S/C8H7ClINS2/c1-13-8(12)11-5-2-3-7(10)6(9)4-5/h2-4H,1H3,(H,11,12). The molecule has 0 saturated heterocycles. The van der Waals surface area contributed by atoms with Gasteiger partial charge in [-0.15, -0.1) is 11.8 Å². The van der Waals surface area contributed by atoms with Crippen molar-refractivity contribution < 1.29 is 0 Å². The summed E-state index contributed by atoms with van der Waals surface area (Å²) >= 11 is 14.7. The van der Waals surface area contributed by atoms with Gasteiger partial charge in [-0.2, -0.15) is 0 Å². The number of anilines is 1. The van der Waals surface area contributed by atoms with E-state index in [2.05, 4.69) is 27.9 Å². The number of hydrogen-bond acceptors (Lipinski definition) is 2. The zero-order valence-electron chi connectivity index (χ0n) is 6.80. The molecule has 0 bridgehead atoms. The van der Waals surface area contributed by atoms with Crippen LogP contribution in [0.2, 0.25) is 5.02 Å². The highest BCUT2D eigenvalue weighted by molar-refractivity contribution is 14.1. The molecule has 0 aliphatic heterocycles. The van der Waals surface area contributed by atoms with Crippen LogP contribution in [0.5, 0.6) is 0 Å². The molecule has 1 aromatic rings. The van der Waals surface area contributed by atoms with Crippen molar-refractivity contribution in [1.82, 2.24) is 0 Å². The zero-order chi connectivity index (χ0) is 9.84. The average molecular weight is 344 g/mol. The largest absolute Gasteiger partial charge is 0.341 e. The maximum atomic E-state index is 5.94. The minimum atomic E-state index is 0.745. The Balaban J connectivity index is 2.79. The summed E-state index contributed by atoms with van der Waals surface area (Å²) in [5.74, 6) is 0. The van der Waals surface area contributed by atoms with Crippen molar-refractivity contribution in [2.45, 2.75) is 0 Å². The van der Waals surface area contributed by atoms with Gasteiger partial charge in [0.15, 0.2) is 0 Å². The van der Waals surface area contributed by atoms with Crippen molar-refractivity contribution in [2.75, 3.05) is 11.6 Å². The van der Waals surface area contributed by atoms with E-state index in [1.54, 1.807) is 0 Å². The van der Waals surface area contributed by atoms with Crippen LogP contribution in [0, 0.1) is 3.57 Å². The maximum Gasteiger partial charge on any atom is 0.137 e. The van der Waals surface area contributed by atoms with Crippen molar-refractivity contribution in [1.29, 1.82) is 0 Å². The first-order valence-electron chi connectivity index (χ1n) is 3.43. The van der Waals surface area contributed by atoms with Gasteiger partial charge in [0.1, 0.15) is 4.32 Å². The fourth-order valence-electron chi connectivity index (χ4n) is 0.743. The van der Waals surface area contributed by atoms with Gasteiger partial charge in [0.2, 0.25) is 0 Å². The van der Waals surface area contributed by atoms with Crippen LogP contribution in [0.25, 0.3) is 0 Å². The number of halogens is 2. The highest BCUT2D eigenvalue weighted by atomic mass is 127. The lowest BCUT2D eigenvalue weighted by Gasteiger charge is -2.05. The summed E-state index contributed by atoms with van der Waals surface area (Å²) in [4.78, 5) is 0. The fraction of sp³-hybridized carbons (Fsp3) is 0.125. The van der Waals surface area contributed by atoms with Crippen LogP contribution >= 0.6 is 58.2 Å². The molecule has 0 saturated carbocycles. The Morgan fingerprint density at radius 2 is 2.31 bits per heavy atom. The summed E-state index contributed by atoms with van der Waals surface area (Å²) in [5, 5.41) is 3.81. The van der Waals surface area contributed by atoms with E-state index in [1.165, 1.54) is 11.8 Å². The number of hydrogen-bond donors (Lipinski definition) is 1. The zero-order valence-corrected chi connectivity index (χ0v) is 11.4. The minimum absolute atomic E-state index is 0.745. The van der Waals surface area contributed by atoms with Gasteiger partial charge in [-0.1, -0.05) is 23.8 Å². The molecule has 0 unspecified atom stereocenters. The van der Waals surface area contributed by atoms with E-state index in [-0.39, 0.29) is 0 Å². The molecule has 0 atom stereocenters. The Morgan fingerprint density at radius 3 is 2.85 bits per heavy atom. The van der Waals surface area contributed by atoms with E-state index in [1.807, 2.05) is 24.5 Å². The second kappa shape index (κ2) is 5.38. The molecule has 0 fully saturated rings. The minimum Gasteiger partial charge on any atom is -0.341 e. The number of thiocarbonyl (C=S) groups is 1. The molecule has 5 heteroatoms. The lowest BCUT2D eigenvalue weighted by atomic mass is 10.3. The van der Waals surface area contributed by atoms with Crippen molar-refractivity contribution in [2.24, 2.45) is 0 Å². The van der Waals surface area contributed by atoms with E-state index < -0.39 is 0 Å². The molecule has 13 heavy (non-hydrogen) atoms. The first-order valence-corrected chi connectivity index (χ1v) is 6.52. The van der Waals surface area contributed by atoms with Gasteiger partial charge in [0, 0.05) is 9.26 Å². The van der Waals surface area contributed by atoms with Crippen LogP contribution in [0.3, 0.4) is 0 Å². The highest BCUT2D eigenvalue weighted by Gasteiger charge is 1.99. The van der Waals surface area contributed by atoms with Crippen molar-refractivity contribution >= 4 is 68.2 Å². The molecule has 70 valence electrons. The highest BCUT2D eigenvalue weighted by Crippen LogP contribution is 2.22. The van der Waals surface area contributed by atoms with E-state index in [0.29, 0.717) is 0 Å². The molecule has 0 amide bonds. The molecule has 0 spiro atoms. The van der Waals surface area contributed by atoms with Gasteiger partial charge in [-0.25, -0.2) is 0 Å². The van der Waals surface area contributed by atoms with Gasteiger partial charge in [0.05, 0.1) is 5.02 Å². The predicted octanol–water partition coefficient (Wildman–Crippen LogP) is 4.00. The molecular weight excluding hydrogens is 337 g/mol. The molecule has 0 radical (unpaired) electrons. The Bertz CT molecular complexity index is 330. The summed E-state index contributed by atoms with van der Waals surface area (Å²) in [6, 6.07) is 5.77. The summed E-state index contributed by atoms with van der Waals surface area (Å²) in [5.41, 5.74) is 0.935. The number of benzene rings is 1. The van der Waals surface area contributed by atoms with Crippen LogP contribution in [0.1, 0.15) is 0 Å². The van der Waals surface area contributed by atoms with E-state index in [4.69, 9.17) is 23.8 Å². The topological polar surface area (TPSA) is 12.0 Å². The first kappa shape index (κ1) is 11.6. The SMILES string of the molecule is CSC(=S)Nc1ccc(I)c(Cl)c1. The summed E-state index contributed by atoms with van der Waals surface area (Å²) in [7, 11) is 0. The van der Waals surface area contributed by atoms with Crippen LogP contribution in [0.15, 0.2) is 18.2 Å². The van der Waals surface area contributed by atoms with Crippen LogP contribution in [-0.2, 0) is 0 Å². The average Bonchev–Trinajstić information content (AvgIpc) is 2.11. The molecule has 0 aliphatic rings. The quantitative estimate of drug-likeness (QED) is 0.611. The van der Waals surface area contributed by atoms with Crippen molar-refractivity contribution in [3.63, 3.8) is 0 Å². The molecule has 1 rings (SSSR count). The third-order valence-electron chi connectivity index (χ3n) is 1.35. The van der Waals surface area contributed by atoms with Crippen molar-refractivity contribution in [3.05, 3.63) is 26.8 Å². The number of rotatable bonds is 1. The Hall–Kier alpha value is 0.480. The van der Waals surface area contributed by atoms with E-state index in [9.17, 15) is 0 Å². The van der Waals surface area contributed by atoms with Gasteiger partial charge in [-0.3, -0.25) is 0 Å². The second-order valence-corrected chi connectivity index (χ2v) is 5.30. The molecule has 1 aromatic carbocycles. The van der Waals surface area contributed by atoms with E-state index >= 15 is 0 Å². The van der Waals surface area contributed by atoms with Gasteiger partial charge in [-0.05, 0) is 47.0 Å². The van der Waals surface area contributed by atoms with E-state index in [0.717, 1.165) is 18.6 Å². The molecular formula is C8H7ClINS2. The second-order valence-electron chi connectivity index (χ2n) is 2.25. The smallest absolute Gasteiger partial charge is 0.137 e. The number of thioether (sulfide) groups is 1. The van der Waals surface area contributed by atoms with Gasteiger partial charge >= 0.3 is 0 Å². The monoisotopic (exact) mass is 343 g/mol.